The van der Waals surface area contributed by atoms with Crippen molar-refractivity contribution >= 4 is 11.9 Å². The van der Waals surface area contributed by atoms with Crippen LogP contribution in [0.3, 0.4) is 0 Å². The van der Waals surface area contributed by atoms with Crippen molar-refractivity contribution in [2.24, 2.45) is 16.8 Å². The monoisotopic (exact) mass is 350 g/mol. The van der Waals surface area contributed by atoms with Crippen LogP contribution < -0.4 is 10.6 Å². The second-order valence-electron chi connectivity index (χ2n) is 8.05. The molecule has 2 N–H and O–H groups in total. The van der Waals surface area contributed by atoms with E-state index in [9.17, 15) is 4.79 Å². The summed E-state index contributed by atoms with van der Waals surface area (Å²) in [7, 11) is 0. The van der Waals surface area contributed by atoms with Crippen molar-refractivity contribution in [2.75, 3.05) is 26.2 Å². The minimum atomic E-state index is 0.283. The third-order valence-corrected chi connectivity index (χ3v) is 5.35. The van der Waals surface area contributed by atoms with Crippen LogP contribution in [0.2, 0.25) is 0 Å². The predicted octanol–water partition coefficient (Wildman–Crippen LogP) is 3.16. The van der Waals surface area contributed by atoms with E-state index in [2.05, 4.69) is 36.3 Å². The van der Waals surface area contributed by atoms with Crippen LogP contribution in [0, 0.1) is 11.8 Å². The van der Waals surface area contributed by atoms with Gasteiger partial charge in [0.25, 0.3) is 0 Å². The van der Waals surface area contributed by atoms with E-state index < -0.39 is 0 Å². The molecule has 5 nitrogen and oxygen atoms in total. The van der Waals surface area contributed by atoms with Gasteiger partial charge in [0, 0.05) is 38.1 Å². The summed E-state index contributed by atoms with van der Waals surface area (Å²) in [6.45, 7) is 10.1. The van der Waals surface area contributed by atoms with Gasteiger partial charge in [-0.25, -0.2) is 0 Å². The molecule has 0 radical (unpaired) electrons. The molecule has 1 aliphatic carbocycles. The number of carbonyl (C=O) groups is 1. The fourth-order valence-corrected chi connectivity index (χ4v) is 3.89. The van der Waals surface area contributed by atoms with Crippen molar-refractivity contribution in [2.45, 2.75) is 78.2 Å². The molecule has 5 heteroatoms. The summed E-state index contributed by atoms with van der Waals surface area (Å²) in [5.41, 5.74) is 0. The van der Waals surface area contributed by atoms with Crippen LogP contribution in [0.5, 0.6) is 0 Å². The topological polar surface area (TPSA) is 56.7 Å². The van der Waals surface area contributed by atoms with Crippen LogP contribution in [0.25, 0.3) is 0 Å². The Labute approximate surface area is 154 Å². The maximum Gasteiger partial charge on any atom is 0.225 e. The lowest BCUT2D eigenvalue weighted by atomic mass is 9.88. The highest BCUT2D eigenvalue weighted by atomic mass is 16.2. The summed E-state index contributed by atoms with van der Waals surface area (Å²) in [6.07, 6.45) is 9.29. The van der Waals surface area contributed by atoms with Gasteiger partial charge in [0.2, 0.25) is 5.91 Å². The van der Waals surface area contributed by atoms with Gasteiger partial charge in [0.1, 0.15) is 0 Å². The quantitative estimate of drug-likeness (QED) is 0.421. The van der Waals surface area contributed by atoms with Crippen LogP contribution in [0.1, 0.15) is 72.1 Å². The van der Waals surface area contributed by atoms with Crippen LogP contribution in [0.15, 0.2) is 4.99 Å². The molecule has 0 aromatic heterocycles. The number of guanidine groups is 1. The highest BCUT2D eigenvalue weighted by Crippen LogP contribution is 2.26. The van der Waals surface area contributed by atoms with Gasteiger partial charge < -0.3 is 15.5 Å². The third-order valence-electron chi connectivity index (χ3n) is 5.35. The lowest BCUT2D eigenvalue weighted by molar-refractivity contribution is -0.135. The fraction of sp³-hybridized carbons (Fsp3) is 0.900. The first-order chi connectivity index (χ1) is 12.1. The lowest BCUT2D eigenvalue weighted by Crippen LogP contribution is -2.45. The Morgan fingerprint density at radius 1 is 1.20 bits per heavy atom. The van der Waals surface area contributed by atoms with Gasteiger partial charge in [-0.2, -0.15) is 0 Å². The standard InChI is InChI=1S/C20H38N4O/c1-4-21-20(22-13-8-9-16(2)3)23-18-12-14-24(15-18)19(25)17-10-6-5-7-11-17/h16-18H,4-15H2,1-3H3,(H2,21,22,23). The van der Waals surface area contributed by atoms with Gasteiger partial charge in [-0.15, -0.1) is 0 Å². The van der Waals surface area contributed by atoms with E-state index in [0.717, 1.165) is 63.7 Å². The maximum atomic E-state index is 12.7. The van der Waals surface area contributed by atoms with E-state index in [1.807, 2.05) is 0 Å². The zero-order valence-electron chi connectivity index (χ0n) is 16.5. The minimum absolute atomic E-state index is 0.283. The molecule has 0 bridgehead atoms. The highest BCUT2D eigenvalue weighted by Gasteiger charge is 2.31. The third kappa shape index (κ3) is 6.87. The predicted molar refractivity (Wildman–Crippen MR) is 105 cm³/mol. The molecule has 1 aliphatic heterocycles. The number of nitrogens with one attached hydrogen (secondary N) is 2. The first-order valence-corrected chi connectivity index (χ1v) is 10.4. The molecule has 144 valence electrons. The molecule has 1 unspecified atom stereocenters. The average Bonchev–Trinajstić information content (AvgIpc) is 3.07. The highest BCUT2D eigenvalue weighted by molar-refractivity contribution is 5.81. The van der Waals surface area contributed by atoms with Gasteiger partial charge in [0.15, 0.2) is 5.96 Å². The summed E-state index contributed by atoms with van der Waals surface area (Å²) in [5.74, 6) is 2.32. The summed E-state index contributed by atoms with van der Waals surface area (Å²) in [6, 6.07) is 0.329. The van der Waals surface area contributed by atoms with Crippen molar-refractivity contribution in [3.05, 3.63) is 0 Å². The molecule has 1 atom stereocenters. The summed E-state index contributed by atoms with van der Waals surface area (Å²) in [5, 5.41) is 6.88. The number of carbonyl (C=O) groups excluding carboxylic acids is 1. The first kappa shape index (κ1) is 20.1. The molecular formula is C20H38N4O. The normalized spacial score (nSPS) is 22.5. The fourth-order valence-electron chi connectivity index (χ4n) is 3.89. The maximum absolute atomic E-state index is 12.7. The molecule has 0 aromatic carbocycles. The lowest BCUT2D eigenvalue weighted by Gasteiger charge is -2.26. The molecule has 25 heavy (non-hydrogen) atoms. The molecule has 2 aliphatic rings. The van der Waals surface area contributed by atoms with E-state index in [0.29, 0.717) is 11.9 Å². The van der Waals surface area contributed by atoms with E-state index in [-0.39, 0.29) is 5.92 Å². The molecule has 2 fully saturated rings. The van der Waals surface area contributed by atoms with Crippen molar-refractivity contribution in [3.8, 4) is 0 Å². The molecule has 0 aromatic rings. The van der Waals surface area contributed by atoms with Crippen molar-refractivity contribution in [1.82, 2.24) is 15.5 Å². The van der Waals surface area contributed by atoms with E-state index in [4.69, 9.17) is 4.99 Å². The Kier molecular flexibility index (Phi) is 8.56. The van der Waals surface area contributed by atoms with Crippen LogP contribution in [0.4, 0.5) is 0 Å². The van der Waals surface area contributed by atoms with Crippen LogP contribution in [-0.4, -0.2) is 49.0 Å². The van der Waals surface area contributed by atoms with Crippen LogP contribution >= 0.6 is 0 Å². The van der Waals surface area contributed by atoms with Crippen LogP contribution in [-0.2, 0) is 4.79 Å². The Morgan fingerprint density at radius 2 is 1.96 bits per heavy atom. The number of amides is 1. The zero-order valence-corrected chi connectivity index (χ0v) is 16.5. The number of aliphatic imine (C=N–C) groups is 1. The minimum Gasteiger partial charge on any atom is -0.357 e. The Morgan fingerprint density at radius 3 is 2.64 bits per heavy atom. The second kappa shape index (κ2) is 10.7. The Hall–Kier alpha value is -1.26. The van der Waals surface area contributed by atoms with E-state index >= 15 is 0 Å². The van der Waals surface area contributed by atoms with Crippen molar-refractivity contribution in [3.63, 3.8) is 0 Å². The summed E-state index contributed by atoms with van der Waals surface area (Å²) >= 11 is 0. The Bertz CT molecular complexity index is 429. The number of likely N-dealkylation sites (tertiary alicyclic amines) is 1. The molecule has 1 amide bonds. The molecule has 2 rings (SSSR count). The van der Waals surface area contributed by atoms with Gasteiger partial charge in [-0.05, 0) is 44.9 Å². The van der Waals surface area contributed by atoms with Gasteiger partial charge in [0.05, 0.1) is 0 Å². The summed E-state index contributed by atoms with van der Waals surface area (Å²) in [4.78, 5) is 19.5. The number of nitrogens with zero attached hydrogens (tertiary/aromatic N) is 2. The average molecular weight is 351 g/mol. The van der Waals surface area contributed by atoms with Gasteiger partial charge >= 0.3 is 0 Å². The van der Waals surface area contributed by atoms with Gasteiger partial charge in [-0.1, -0.05) is 33.1 Å². The second-order valence-corrected chi connectivity index (χ2v) is 8.05. The van der Waals surface area contributed by atoms with E-state index in [1.54, 1.807) is 0 Å². The number of rotatable bonds is 7. The molecule has 1 saturated heterocycles. The Balaban J connectivity index is 1.78. The SMILES string of the molecule is CCNC(=NCCCC(C)C)NC1CCN(C(=O)C2CCCCC2)C1. The largest absolute Gasteiger partial charge is 0.357 e. The molecule has 0 spiro atoms. The zero-order chi connectivity index (χ0) is 18.1. The molecular weight excluding hydrogens is 312 g/mol. The molecule has 1 heterocycles. The number of hydrogen-bond acceptors (Lipinski definition) is 2. The van der Waals surface area contributed by atoms with Crippen molar-refractivity contribution in [1.29, 1.82) is 0 Å². The van der Waals surface area contributed by atoms with Crippen molar-refractivity contribution < 1.29 is 4.79 Å². The first-order valence-electron chi connectivity index (χ1n) is 10.4. The van der Waals surface area contributed by atoms with E-state index in [1.165, 1.54) is 25.7 Å². The number of hydrogen-bond donors (Lipinski definition) is 2. The molecule has 1 saturated carbocycles. The smallest absolute Gasteiger partial charge is 0.225 e. The summed E-state index contributed by atoms with van der Waals surface area (Å²) < 4.78 is 0. The van der Waals surface area contributed by atoms with Gasteiger partial charge in [-0.3, -0.25) is 9.79 Å².